The summed E-state index contributed by atoms with van der Waals surface area (Å²) in [6, 6.07) is 3.67. The molecule has 1 aromatic rings. The van der Waals surface area contributed by atoms with Crippen molar-refractivity contribution >= 4 is 0 Å². The molecule has 0 aliphatic carbocycles. The highest BCUT2D eigenvalue weighted by Crippen LogP contribution is 2.28. The van der Waals surface area contributed by atoms with Crippen molar-refractivity contribution in [1.29, 1.82) is 0 Å². The van der Waals surface area contributed by atoms with E-state index in [1.807, 2.05) is 19.1 Å². The number of nitrogens with one attached hydrogen (secondary N) is 1. The topological polar surface area (TPSA) is 71.0 Å². The van der Waals surface area contributed by atoms with Gasteiger partial charge < -0.3 is 25.0 Å². The largest absolute Gasteiger partial charge is 0.497 e. The molecule has 3 N–H and O–H groups in total. The second kappa shape index (κ2) is 7.99. The standard InChI is InChI=1S/C14H23NO4/c1-10-6-12(18-2)7-14(19-3)13(10)8-15-11(9-17)4-5-16/h6-7,11,15-17H,4-5,8-9H2,1-3H3. The Morgan fingerprint density at radius 2 is 1.95 bits per heavy atom. The predicted molar refractivity (Wildman–Crippen MR) is 73.7 cm³/mol. The fourth-order valence-corrected chi connectivity index (χ4v) is 1.94. The highest BCUT2D eigenvalue weighted by Gasteiger charge is 2.12. The molecule has 19 heavy (non-hydrogen) atoms. The van der Waals surface area contributed by atoms with E-state index in [1.165, 1.54) is 0 Å². The zero-order chi connectivity index (χ0) is 14.3. The molecule has 5 nitrogen and oxygen atoms in total. The maximum atomic E-state index is 9.19. The number of aliphatic hydroxyl groups is 2. The molecule has 1 rings (SSSR count). The molecule has 0 aliphatic heterocycles. The number of hydrogen-bond acceptors (Lipinski definition) is 5. The SMILES string of the molecule is COc1cc(C)c(CNC(CO)CCO)c(OC)c1. The van der Waals surface area contributed by atoms with Crippen molar-refractivity contribution in [3.63, 3.8) is 0 Å². The molecule has 0 fully saturated rings. The smallest absolute Gasteiger partial charge is 0.127 e. The quantitative estimate of drug-likeness (QED) is 0.652. The van der Waals surface area contributed by atoms with Gasteiger partial charge in [-0.2, -0.15) is 0 Å². The van der Waals surface area contributed by atoms with Crippen LogP contribution >= 0.6 is 0 Å². The Bertz CT molecular complexity index is 395. The zero-order valence-electron chi connectivity index (χ0n) is 11.8. The van der Waals surface area contributed by atoms with E-state index in [2.05, 4.69) is 5.32 Å². The van der Waals surface area contributed by atoms with Crippen molar-refractivity contribution in [2.45, 2.75) is 25.9 Å². The summed E-state index contributed by atoms with van der Waals surface area (Å²) < 4.78 is 10.6. The molecule has 1 unspecified atom stereocenters. The summed E-state index contributed by atoms with van der Waals surface area (Å²) in [4.78, 5) is 0. The van der Waals surface area contributed by atoms with E-state index < -0.39 is 0 Å². The van der Waals surface area contributed by atoms with Crippen LogP contribution in [0.1, 0.15) is 17.5 Å². The van der Waals surface area contributed by atoms with E-state index in [0.29, 0.717) is 13.0 Å². The van der Waals surface area contributed by atoms with Crippen LogP contribution < -0.4 is 14.8 Å². The molecule has 0 bridgehead atoms. The van der Waals surface area contributed by atoms with Gasteiger partial charge in [-0.1, -0.05) is 0 Å². The van der Waals surface area contributed by atoms with Gasteiger partial charge in [0.15, 0.2) is 0 Å². The van der Waals surface area contributed by atoms with Crippen LogP contribution in [0.4, 0.5) is 0 Å². The average molecular weight is 269 g/mol. The molecule has 0 aromatic heterocycles. The van der Waals surface area contributed by atoms with Gasteiger partial charge in [0, 0.05) is 30.8 Å². The number of benzene rings is 1. The fourth-order valence-electron chi connectivity index (χ4n) is 1.94. The molecular formula is C14H23NO4. The fraction of sp³-hybridized carbons (Fsp3) is 0.571. The van der Waals surface area contributed by atoms with E-state index in [1.54, 1.807) is 14.2 Å². The molecule has 0 saturated heterocycles. The molecule has 0 amide bonds. The van der Waals surface area contributed by atoms with E-state index in [4.69, 9.17) is 14.6 Å². The first-order valence-corrected chi connectivity index (χ1v) is 6.32. The lowest BCUT2D eigenvalue weighted by molar-refractivity contribution is 0.199. The summed E-state index contributed by atoms with van der Waals surface area (Å²) in [6.45, 7) is 2.61. The first kappa shape index (κ1) is 15.8. The van der Waals surface area contributed by atoms with Crippen molar-refractivity contribution in [2.75, 3.05) is 27.4 Å². The van der Waals surface area contributed by atoms with Crippen LogP contribution in [0, 0.1) is 6.92 Å². The van der Waals surface area contributed by atoms with E-state index in [0.717, 1.165) is 22.6 Å². The first-order valence-electron chi connectivity index (χ1n) is 6.32. The third-order valence-electron chi connectivity index (χ3n) is 3.13. The van der Waals surface area contributed by atoms with Gasteiger partial charge in [0.1, 0.15) is 11.5 Å². The second-order valence-corrected chi connectivity index (χ2v) is 4.40. The third-order valence-corrected chi connectivity index (χ3v) is 3.13. The Morgan fingerprint density at radius 3 is 2.47 bits per heavy atom. The number of aliphatic hydroxyl groups excluding tert-OH is 2. The molecule has 0 heterocycles. The molecule has 0 saturated carbocycles. The van der Waals surface area contributed by atoms with Gasteiger partial charge in [-0.3, -0.25) is 0 Å². The summed E-state index contributed by atoms with van der Waals surface area (Å²) in [5.41, 5.74) is 2.09. The normalized spacial score (nSPS) is 12.3. The highest BCUT2D eigenvalue weighted by atomic mass is 16.5. The van der Waals surface area contributed by atoms with Gasteiger partial charge in [0.05, 0.1) is 20.8 Å². The summed E-state index contributed by atoms with van der Waals surface area (Å²) in [5, 5.41) is 21.3. The third kappa shape index (κ3) is 4.38. The average Bonchev–Trinajstić information content (AvgIpc) is 2.43. The number of ether oxygens (including phenoxy) is 2. The maximum Gasteiger partial charge on any atom is 0.127 e. The minimum Gasteiger partial charge on any atom is -0.497 e. The maximum absolute atomic E-state index is 9.19. The predicted octanol–water partition coefficient (Wildman–Crippen LogP) is 0.845. The van der Waals surface area contributed by atoms with Gasteiger partial charge in [-0.05, 0) is 25.0 Å². The number of methoxy groups -OCH3 is 2. The van der Waals surface area contributed by atoms with Gasteiger partial charge in [0.25, 0.3) is 0 Å². The van der Waals surface area contributed by atoms with Gasteiger partial charge in [0.2, 0.25) is 0 Å². The lowest BCUT2D eigenvalue weighted by atomic mass is 10.1. The molecule has 0 spiro atoms. The van der Waals surface area contributed by atoms with Crippen molar-refractivity contribution < 1.29 is 19.7 Å². The summed E-state index contributed by atoms with van der Waals surface area (Å²) in [7, 11) is 3.24. The summed E-state index contributed by atoms with van der Waals surface area (Å²) >= 11 is 0. The van der Waals surface area contributed by atoms with Crippen LogP contribution in [0.3, 0.4) is 0 Å². The summed E-state index contributed by atoms with van der Waals surface area (Å²) in [5.74, 6) is 1.51. The minimum absolute atomic E-state index is 0.00191. The van der Waals surface area contributed by atoms with Crippen molar-refractivity contribution in [3.05, 3.63) is 23.3 Å². The molecule has 1 atom stereocenters. The Balaban J connectivity index is 2.82. The Labute approximate surface area is 114 Å². The van der Waals surface area contributed by atoms with Gasteiger partial charge >= 0.3 is 0 Å². The monoisotopic (exact) mass is 269 g/mol. The van der Waals surface area contributed by atoms with Crippen LogP contribution in [0.2, 0.25) is 0 Å². The molecular weight excluding hydrogens is 246 g/mol. The zero-order valence-corrected chi connectivity index (χ0v) is 11.8. The number of hydrogen-bond donors (Lipinski definition) is 3. The van der Waals surface area contributed by atoms with Crippen molar-refractivity contribution in [3.8, 4) is 11.5 Å². The van der Waals surface area contributed by atoms with E-state index in [9.17, 15) is 5.11 Å². The molecule has 108 valence electrons. The second-order valence-electron chi connectivity index (χ2n) is 4.40. The molecule has 0 radical (unpaired) electrons. The Morgan fingerprint density at radius 1 is 1.21 bits per heavy atom. The molecule has 1 aromatic carbocycles. The van der Waals surface area contributed by atoms with Crippen molar-refractivity contribution in [2.24, 2.45) is 0 Å². The van der Waals surface area contributed by atoms with Crippen LogP contribution in [0.25, 0.3) is 0 Å². The number of rotatable bonds is 8. The molecule has 0 aliphatic rings. The van der Waals surface area contributed by atoms with Crippen LogP contribution in [-0.4, -0.2) is 43.7 Å². The van der Waals surface area contributed by atoms with Crippen LogP contribution in [-0.2, 0) is 6.54 Å². The van der Waals surface area contributed by atoms with Crippen molar-refractivity contribution in [1.82, 2.24) is 5.32 Å². The van der Waals surface area contributed by atoms with Gasteiger partial charge in [-0.15, -0.1) is 0 Å². The number of aryl methyl sites for hydroxylation is 1. The molecule has 5 heteroatoms. The summed E-state index contributed by atoms with van der Waals surface area (Å²) in [6.07, 6.45) is 0.522. The van der Waals surface area contributed by atoms with Crippen LogP contribution in [0.5, 0.6) is 11.5 Å². The Hall–Kier alpha value is -1.30. The lowest BCUT2D eigenvalue weighted by Gasteiger charge is -2.18. The van der Waals surface area contributed by atoms with Crippen LogP contribution in [0.15, 0.2) is 12.1 Å². The highest BCUT2D eigenvalue weighted by molar-refractivity contribution is 5.46. The minimum atomic E-state index is -0.115. The Kier molecular flexibility index (Phi) is 6.62. The lowest BCUT2D eigenvalue weighted by Crippen LogP contribution is -2.33. The first-order chi connectivity index (χ1) is 9.15. The van der Waals surface area contributed by atoms with E-state index in [-0.39, 0.29) is 19.3 Å². The van der Waals surface area contributed by atoms with E-state index >= 15 is 0 Å². The van der Waals surface area contributed by atoms with Gasteiger partial charge in [-0.25, -0.2) is 0 Å².